The molecule has 4 aliphatic rings. The van der Waals surface area contributed by atoms with Gasteiger partial charge in [-0.2, -0.15) is 0 Å². The quantitative estimate of drug-likeness (QED) is 0.792. The lowest BCUT2D eigenvalue weighted by molar-refractivity contribution is -0.00342. The number of pyridine rings is 1. The van der Waals surface area contributed by atoms with Crippen molar-refractivity contribution in [3.63, 3.8) is 0 Å². The molecule has 3 atom stereocenters. The van der Waals surface area contributed by atoms with E-state index in [4.69, 9.17) is 11.6 Å². The highest BCUT2D eigenvalue weighted by Crippen LogP contribution is 2.47. The van der Waals surface area contributed by atoms with Gasteiger partial charge in [-0.25, -0.2) is 4.39 Å². The number of likely N-dealkylation sites (tertiary alicyclic amines) is 1. The Hall–Kier alpha value is -1.98. The Labute approximate surface area is 162 Å². The van der Waals surface area contributed by atoms with Gasteiger partial charge in [-0.3, -0.25) is 14.7 Å². The zero-order chi connectivity index (χ0) is 18.5. The molecular weight excluding hydrogens is 365 g/mol. The lowest BCUT2D eigenvalue weighted by Crippen LogP contribution is -2.60. The summed E-state index contributed by atoms with van der Waals surface area (Å²) >= 11 is 6.06. The minimum atomic E-state index is -0.225. The molecule has 1 aromatic carbocycles. The Balaban J connectivity index is 1.52. The maximum atomic E-state index is 13.4. The van der Waals surface area contributed by atoms with Crippen molar-refractivity contribution in [2.45, 2.75) is 30.8 Å². The van der Waals surface area contributed by atoms with Gasteiger partial charge in [0.25, 0.3) is 5.91 Å². The number of benzene rings is 1. The summed E-state index contributed by atoms with van der Waals surface area (Å²) in [4.78, 5) is 22.0. The second kappa shape index (κ2) is 6.57. The van der Waals surface area contributed by atoms with Crippen LogP contribution in [0.4, 0.5) is 4.39 Å². The fourth-order valence-electron chi connectivity index (χ4n) is 5.35. The van der Waals surface area contributed by atoms with Gasteiger partial charge in [-0.1, -0.05) is 23.7 Å². The Morgan fingerprint density at radius 2 is 1.85 bits per heavy atom. The van der Waals surface area contributed by atoms with Crippen LogP contribution in [0.5, 0.6) is 0 Å². The number of hydrogen-bond acceptors (Lipinski definition) is 3. The van der Waals surface area contributed by atoms with Gasteiger partial charge in [-0.05, 0) is 55.6 Å². The molecule has 0 saturated carbocycles. The first kappa shape index (κ1) is 17.1. The maximum Gasteiger partial charge on any atom is 0.255 e. The first-order chi connectivity index (χ1) is 13.1. The zero-order valence-electron chi connectivity index (χ0n) is 14.9. The van der Waals surface area contributed by atoms with E-state index in [1.807, 2.05) is 17.0 Å². The third-order valence-corrected chi connectivity index (χ3v) is 6.71. The van der Waals surface area contributed by atoms with Crippen molar-refractivity contribution in [2.75, 3.05) is 19.6 Å². The Morgan fingerprint density at radius 1 is 1.11 bits per heavy atom. The van der Waals surface area contributed by atoms with E-state index >= 15 is 0 Å². The van der Waals surface area contributed by atoms with Crippen LogP contribution < -0.4 is 0 Å². The molecule has 2 aromatic rings. The van der Waals surface area contributed by atoms with E-state index in [1.54, 1.807) is 18.5 Å². The van der Waals surface area contributed by atoms with Gasteiger partial charge in [-0.15, -0.1) is 0 Å². The van der Waals surface area contributed by atoms with Crippen LogP contribution >= 0.6 is 11.6 Å². The van der Waals surface area contributed by atoms with Gasteiger partial charge in [0.2, 0.25) is 0 Å². The number of nitrogens with zero attached hydrogens (tertiary/aromatic N) is 3. The van der Waals surface area contributed by atoms with E-state index in [0.717, 1.165) is 31.5 Å². The highest BCUT2D eigenvalue weighted by Gasteiger charge is 2.54. The molecule has 4 aliphatic heterocycles. The van der Waals surface area contributed by atoms with Crippen molar-refractivity contribution in [2.24, 2.45) is 5.92 Å². The van der Waals surface area contributed by atoms with Crippen molar-refractivity contribution >= 4 is 17.5 Å². The summed E-state index contributed by atoms with van der Waals surface area (Å²) in [5, 5.41) is 0.473. The van der Waals surface area contributed by atoms with Crippen LogP contribution in [0, 0.1) is 11.7 Å². The summed E-state index contributed by atoms with van der Waals surface area (Å²) in [7, 11) is 0. The summed E-state index contributed by atoms with van der Waals surface area (Å²) in [5.41, 5.74) is 1.65. The molecule has 27 heavy (non-hydrogen) atoms. The van der Waals surface area contributed by atoms with Crippen LogP contribution in [0.3, 0.4) is 0 Å². The average Bonchev–Trinajstić information content (AvgIpc) is 3.12. The summed E-state index contributed by atoms with van der Waals surface area (Å²) in [6.45, 7) is 2.83. The second-order valence-electron chi connectivity index (χ2n) is 7.86. The van der Waals surface area contributed by atoms with Crippen LogP contribution in [0.2, 0.25) is 5.02 Å². The molecule has 0 N–H and O–H groups in total. The number of halogens is 2. The van der Waals surface area contributed by atoms with Crippen molar-refractivity contribution < 1.29 is 9.18 Å². The molecule has 5 heterocycles. The monoisotopic (exact) mass is 385 g/mol. The van der Waals surface area contributed by atoms with Crippen LogP contribution in [-0.2, 0) is 0 Å². The minimum absolute atomic E-state index is 0.00152. The summed E-state index contributed by atoms with van der Waals surface area (Å²) in [5.74, 6) is 0.506. The molecule has 6 rings (SSSR count). The predicted molar refractivity (Wildman–Crippen MR) is 101 cm³/mol. The van der Waals surface area contributed by atoms with E-state index in [0.29, 0.717) is 29.1 Å². The molecule has 4 nitrogen and oxygen atoms in total. The van der Waals surface area contributed by atoms with Crippen molar-refractivity contribution in [1.29, 1.82) is 0 Å². The molecule has 2 bridgehead atoms. The standard InChI is InChI=1S/C21H21ClFN3O/c22-16-9-15(10-24-11-16)21(27)26-12-18(13-1-3-17(23)4-2-13)20-19(26)14-5-7-25(20)8-6-14/h1-4,9-11,14,18-20H,5-8,12H2/t18-,19+,20+/m0/s1. The smallest absolute Gasteiger partial charge is 0.255 e. The fraction of sp³-hybridized carbons (Fsp3) is 0.429. The Morgan fingerprint density at radius 3 is 2.56 bits per heavy atom. The zero-order valence-corrected chi connectivity index (χ0v) is 15.6. The van der Waals surface area contributed by atoms with Gasteiger partial charge in [0.15, 0.2) is 0 Å². The number of aromatic nitrogens is 1. The highest BCUT2D eigenvalue weighted by molar-refractivity contribution is 6.30. The topological polar surface area (TPSA) is 36.4 Å². The summed E-state index contributed by atoms with van der Waals surface area (Å²) < 4.78 is 13.4. The third-order valence-electron chi connectivity index (χ3n) is 6.51. The van der Waals surface area contributed by atoms with Gasteiger partial charge in [0.1, 0.15) is 5.82 Å². The van der Waals surface area contributed by atoms with Crippen molar-refractivity contribution in [1.82, 2.24) is 14.8 Å². The van der Waals surface area contributed by atoms with E-state index in [9.17, 15) is 9.18 Å². The molecule has 140 valence electrons. The molecule has 0 radical (unpaired) electrons. The lowest BCUT2D eigenvalue weighted by Gasteiger charge is -2.51. The largest absolute Gasteiger partial charge is 0.333 e. The number of amides is 1. The molecule has 6 heteroatoms. The summed E-state index contributed by atoms with van der Waals surface area (Å²) in [6.07, 6.45) is 5.40. The van der Waals surface area contributed by atoms with E-state index in [2.05, 4.69) is 9.88 Å². The molecule has 4 fully saturated rings. The van der Waals surface area contributed by atoms with E-state index < -0.39 is 0 Å². The first-order valence-electron chi connectivity index (χ1n) is 9.53. The second-order valence-corrected chi connectivity index (χ2v) is 8.30. The van der Waals surface area contributed by atoms with Crippen LogP contribution in [-0.4, -0.2) is 52.4 Å². The van der Waals surface area contributed by atoms with E-state index in [-0.39, 0.29) is 23.7 Å². The van der Waals surface area contributed by atoms with Crippen LogP contribution in [0.25, 0.3) is 0 Å². The average molecular weight is 386 g/mol. The molecule has 1 amide bonds. The predicted octanol–water partition coefficient (Wildman–Crippen LogP) is 3.58. The number of carbonyl (C=O) groups is 1. The van der Waals surface area contributed by atoms with Gasteiger partial charge >= 0.3 is 0 Å². The molecule has 4 saturated heterocycles. The number of piperidine rings is 3. The Kier molecular flexibility index (Phi) is 4.17. The van der Waals surface area contributed by atoms with Crippen LogP contribution in [0.1, 0.15) is 34.7 Å². The number of carbonyl (C=O) groups excluding carboxylic acids is 1. The minimum Gasteiger partial charge on any atom is -0.333 e. The first-order valence-corrected chi connectivity index (χ1v) is 9.90. The SMILES string of the molecule is O=C(c1cncc(Cl)c1)N1C[C@@H](c2ccc(F)cc2)[C@@H]2[C@H]1C1CCN2CC1. The molecule has 0 aliphatic carbocycles. The maximum absolute atomic E-state index is 13.4. The highest BCUT2D eigenvalue weighted by atomic mass is 35.5. The van der Waals surface area contributed by atoms with Gasteiger partial charge < -0.3 is 4.90 Å². The molecule has 0 spiro atoms. The van der Waals surface area contributed by atoms with Crippen molar-refractivity contribution in [3.8, 4) is 0 Å². The van der Waals surface area contributed by atoms with Gasteiger partial charge in [0.05, 0.1) is 16.6 Å². The molecular formula is C21H21ClFN3O. The number of fused-ring (bicyclic) bond motifs is 2. The van der Waals surface area contributed by atoms with E-state index in [1.165, 1.54) is 12.1 Å². The fourth-order valence-corrected chi connectivity index (χ4v) is 5.53. The lowest BCUT2D eigenvalue weighted by atomic mass is 9.75. The van der Waals surface area contributed by atoms with Gasteiger partial charge in [0, 0.05) is 30.9 Å². The molecule has 0 unspecified atom stereocenters. The molecule has 1 aromatic heterocycles. The van der Waals surface area contributed by atoms with Crippen molar-refractivity contribution in [3.05, 3.63) is 64.7 Å². The third kappa shape index (κ3) is 2.84. The Bertz CT molecular complexity index is 866. The van der Waals surface area contributed by atoms with Crippen LogP contribution in [0.15, 0.2) is 42.7 Å². The number of hydrogen-bond donors (Lipinski definition) is 0. The summed E-state index contributed by atoms with van der Waals surface area (Å²) in [6, 6.07) is 8.98. The number of rotatable bonds is 2. The normalized spacial score (nSPS) is 31.8.